The molecule has 0 saturated heterocycles. The number of hydrogen-bond donors (Lipinski definition) is 3. The number of nitrogen functional groups attached to an aromatic ring is 2. The van der Waals surface area contributed by atoms with Crippen LogP contribution in [0.5, 0.6) is 0 Å². The summed E-state index contributed by atoms with van der Waals surface area (Å²) >= 11 is 0. The number of amides is 1. The summed E-state index contributed by atoms with van der Waals surface area (Å²) in [6.45, 7) is 3.57. The van der Waals surface area contributed by atoms with Crippen LogP contribution in [0.2, 0.25) is 0 Å². The summed E-state index contributed by atoms with van der Waals surface area (Å²) in [4.78, 5) is 14.5. The average Bonchev–Trinajstić information content (AvgIpc) is 2.23. The van der Waals surface area contributed by atoms with Crippen molar-refractivity contribution in [2.24, 2.45) is 0 Å². The van der Waals surface area contributed by atoms with Gasteiger partial charge in [0.1, 0.15) is 5.82 Å². The number of pyridine rings is 1. The molecule has 0 aliphatic carbocycles. The predicted octanol–water partition coefficient (Wildman–Crippen LogP) is 0.0420. The van der Waals surface area contributed by atoms with E-state index in [0.29, 0.717) is 18.1 Å². The van der Waals surface area contributed by atoms with Gasteiger partial charge in [-0.25, -0.2) is 4.98 Å². The first-order valence-corrected chi connectivity index (χ1v) is 4.76. The van der Waals surface area contributed by atoms with Crippen molar-refractivity contribution in [1.29, 1.82) is 0 Å². The van der Waals surface area contributed by atoms with Crippen LogP contribution in [-0.2, 0) is 4.79 Å². The van der Waals surface area contributed by atoms with Crippen LogP contribution in [0, 0.1) is 18.8 Å². The van der Waals surface area contributed by atoms with E-state index >= 15 is 0 Å². The van der Waals surface area contributed by atoms with E-state index in [-0.39, 0.29) is 5.91 Å². The van der Waals surface area contributed by atoms with Crippen molar-refractivity contribution < 1.29 is 4.79 Å². The van der Waals surface area contributed by atoms with Crippen LogP contribution >= 0.6 is 0 Å². The Kier molecular flexibility index (Phi) is 3.72. The van der Waals surface area contributed by atoms with Crippen LogP contribution in [0.3, 0.4) is 0 Å². The predicted molar refractivity (Wildman–Crippen MR) is 63.4 cm³/mol. The van der Waals surface area contributed by atoms with E-state index in [1.807, 2.05) is 6.92 Å². The summed E-state index contributed by atoms with van der Waals surface area (Å²) in [5.74, 6) is 5.88. The summed E-state index contributed by atoms with van der Waals surface area (Å²) in [7, 11) is 0. The molecule has 0 spiro atoms. The maximum absolute atomic E-state index is 10.6. The zero-order valence-corrected chi connectivity index (χ0v) is 9.29. The maximum atomic E-state index is 10.6. The van der Waals surface area contributed by atoms with Crippen LogP contribution in [-0.4, -0.2) is 17.4 Å². The molecule has 1 aromatic rings. The summed E-state index contributed by atoms with van der Waals surface area (Å²) < 4.78 is 0. The average molecular weight is 218 g/mol. The topological polar surface area (TPSA) is 94.0 Å². The van der Waals surface area contributed by atoms with Crippen LogP contribution < -0.4 is 16.8 Å². The quantitative estimate of drug-likeness (QED) is 0.580. The van der Waals surface area contributed by atoms with Crippen molar-refractivity contribution in [3.05, 3.63) is 17.3 Å². The number of nitrogens with one attached hydrogen (secondary N) is 1. The minimum absolute atomic E-state index is 0.110. The van der Waals surface area contributed by atoms with Crippen LogP contribution in [0.1, 0.15) is 18.1 Å². The second-order valence-electron chi connectivity index (χ2n) is 3.31. The molecule has 16 heavy (non-hydrogen) atoms. The fourth-order valence-corrected chi connectivity index (χ4v) is 1.07. The lowest BCUT2D eigenvalue weighted by atomic mass is 10.1. The van der Waals surface area contributed by atoms with Gasteiger partial charge in [0.15, 0.2) is 0 Å². The third-order valence-electron chi connectivity index (χ3n) is 2.07. The molecule has 5 heteroatoms. The van der Waals surface area contributed by atoms with Gasteiger partial charge in [-0.2, -0.15) is 0 Å². The van der Waals surface area contributed by atoms with Crippen LogP contribution in [0.15, 0.2) is 6.20 Å². The standard InChI is InChI=1S/C11H14N4O/c1-7-9(4-3-5-14-8(2)16)6-15-11(13)10(7)12/h6H,5,12H2,1-2H3,(H2,13,15)(H,14,16). The van der Waals surface area contributed by atoms with E-state index in [4.69, 9.17) is 11.5 Å². The Labute approximate surface area is 94.2 Å². The maximum Gasteiger partial charge on any atom is 0.217 e. The number of carbonyl (C=O) groups excluding carboxylic acids is 1. The number of aromatic nitrogens is 1. The van der Waals surface area contributed by atoms with Gasteiger partial charge in [0.05, 0.1) is 12.2 Å². The fourth-order valence-electron chi connectivity index (χ4n) is 1.07. The minimum Gasteiger partial charge on any atom is -0.395 e. The summed E-state index contributed by atoms with van der Waals surface area (Å²) in [6, 6.07) is 0. The lowest BCUT2D eigenvalue weighted by Crippen LogP contribution is -2.19. The van der Waals surface area contributed by atoms with E-state index in [9.17, 15) is 4.79 Å². The Hall–Kier alpha value is -2.22. The molecule has 0 aliphatic rings. The third kappa shape index (κ3) is 2.89. The zero-order valence-electron chi connectivity index (χ0n) is 9.29. The van der Waals surface area contributed by atoms with E-state index < -0.39 is 0 Å². The van der Waals surface area contributed by atoms with Crippen LogP contribution in [0.25, 0.3) is 0 Å². The molecule has 1 heterocycles. The molecule has 0 fully saturated rings. The van der Waals surface area contributed by atoms with Crippen molar-refractivity contribution >= 4 is 17.4 Å². The highest BCUT2D eigenvalue weighted by molar-refractivity contribution is 5.73. The SMILES string of the molecule is CC(=O)NCC#Cc1cnc(N)c(N)c1C. The summed E-state index contributed by atoms with van der Waals surface area (Å²) in [6.07, 6.45) is 1.57. The van der Waals surface area contributed by atoms with Gasteiger partial charge in [-0.05, 0) is 12.5 Å². The Bertz CT molecular complexity index is 471. The number of carbonyl (C=O) groups is 1. The Morgan fingerprint density at radius 2 is 2.25 bits per heavy atom. The number of anilines is 2. The molecule has 0 bridgehead atoms. The highest BCUT2D eigenvalue weighted by Crippen LogP contribution is 2.19. The molecule has 0 aromatic carbocycles. The first-order valence-electron chi connectivity index (χ1n) is 4.76. The molecule has 0 radical (unpaired) electrons. The van der Waals surface area contributed by atoms with Gasteiger partial charge in [-0.1, -0.05) is 11.8 Å². The molecular formula is C11H14N4O. The van der Waals surface area contributed by atoms with Crippen molar-refractivity contribution in [3.8, 4) is 11.8 Å². The number of nitrogens with two attached hydrogens (primary N) is 2. The highest BCUT2D eigenvalue weighted by Gasteiger charge is 2.03. The third-order valence-corrected chi connectivity index (χ3v) is 2.07. The second-order valence-corrected chi connectivity index (χ2v) is 3.31. The second kappa shape index (κ2) is 5.03. The number of nitrogens with zero attached hydrogens (tertiary/aromatic N) is 1. The number of rotatable bonds is 1. The van der Waals surface area contributed by atoms with Crippen molar-refractivity contribution in [2.45, 2.75) is 13.8 Å². The Morgan fingerprint density at radius 3 is 2.88 bits per heavy atom. The molecule has 84 valence electrons. The van der Waals surface area contributed by atoms with Gasteiger partial charge in [0.25, 0.3) is 0 Å². The largest absolute Gasteiger partial charge is 0.395 e. The molecule has 0 saturated carbocycles. The molecule has 1 rings (SSSR count). The van der Waals surface area contributed by atoms with Gasteiger partial charge in [0.2, 0.25) is 5.91 Å². The lowest BCUT2D eigenvalue weighted by molar-refractivity contribution is -0.118. The molecular weight excluding hydrogens is 204 g/mol. The molecule has 1 amide bonds. The molecule has 1 aromatic heterocycles. The normalized spacial score (nSPS) is 9.12. The van der Waals surface area contributed by atoms with Gasteiger partial charge in [-0.15, -0.1) is 0 Å². The van der Waals surface area contributed by atoms with Crippen LogP contribution in [0.4, 0.5) is 11.5 Å². The van der Waals surface area contributed by atoms with Crippen molar-refractivity contribution in [3.63, 3.8) is 0 Å². The number of hydrogen-bond acceptors (Lipinski definition) is 4. The minimum atomic E-state index is -0.110. The summed E-state index contributed by atoms with van der Waals surface area (Å²) in [5, 5.41) is 2.57. The molecule has 5 N–H and O–H groups in total. The molecule has 5 nitrogen and oxygen atoms in total. The lowest BCUT2D eigenvalue weighted by Gasteiger charge is -2.04. The first kappa shape index (κ1) is 11.9. The Morgan fingerprint density at radius 1 is 1.56 bits per heavy atom. The van der Waals surface area contributed by atoms with E-state index in [0.717, 1.165) is 11.1 Å². The molecule has 0 aliphatic heterocycles. The van der Waals surface area contributed by atoms with Gasteiger partial charge < -0.3 is 16.8 Å². The van der Waals surface area contributed by atoms with Gasteiger partial charge in [0, 0.05) is 18.7 Å². The zero-order chi connectivity index (χ0) is 12.1. The van der Waals surface area contributed by atoms with Gasteiger partial charge in [-0.3, -0.25) is 4.79 Å². The molecule has 0 unspecified atom stereocenters. The van der Waals surface area contributed by atoms with E-state index in [1.165, 1.54) is 6.92 Å². The van der Waals surface area contributed by atoms with Crippen molar-refractivity contribution in [2.75, 3.05) is 18.0 Å². The van der Waals surface area contributed by atoms with E-state index in [1.54, 1.807) is 6.20 Å². The molecule has 0 atom stereocenters. The summed E-state index contributed by atoms with van der Waals surface area (Å²) in [5.41, 5.74) is 13.2. The van der Waals surface area contributed by atoms with Gasteiger partial charge >= 0.3 is 0 Å². The fraction of sp³-hybridized carbons (Fsp3) is 0.273. The monoisotopic (exact) mass is 218 g/mol. The van der Waals surface area contributed by atoms with E-state index in [2.05, 4.69) is 22.1 Å². The van der Waals surface area contributed by atoms with Crippen molar-refractivity contribution in [1.82, 2.24) is 10.3 Å². The smallest absolute Gasteiger partial charge is 0.217 e. The Balaban J connectivity index is 2.82. The highest BCUT2D eigenvalue weighted by atomic mass is 16.1. The first-order chi connectivity index (χ1) is 7.52.